The van der Waals surface area contributed by atoms with Crippen molar-refractivity contribution >= 4 is 23.2 Å². The van der Waals surface area contributed by atoms with Crippen molar-refractivity contribution in [3.63, 3.8) is 0 Å². The van der Waals surface area contributed by atoms with Crippen LogP contribution in [0.1, 0.15) is 18.4 Å². The third kappa shape index (κ3) is 4.19. The van der Waals surface area contributed by atoms with Crippen molar-refractivity contribution in [2.45, 2.75) is 19.3 Å². The summed E-state index contributed by atoms with van der Waals surface area (Å²) in [5, 5.41) is 2.86. The minimum atomic E-state index is -0.185. The maximum Gasteiger partial charge on any atom is 0.228 e. The van der Waals surface area contributed by atoms with E-state index in [0.29, 0.717) is 35.9 Å². The molecule has 148 valence electrons. The molecule has 1 aliphatic rings. The number of carbonyl (C=O) groups excluding carboxylic acids is 2. The number of ether oxygens (including phenoxy) is 3. The predicted molar refractivity (Wildman–Crippen MR) is 106 cm³/mol. The van der Waals surface area contributed by atoms with Crippen molar-refractivity contribution in [2.24, 2.45) is 0 Å². The molecule has 1 heterocycles. The van der Waals surface area contributed by atoms with Crippen molar-refractivity contribution in [3.8, 4) is 17.2 Å². The molecule has 0 unspecified atom stereocenters. The van der Waals surface area contributed by atoms with Gasteiger partial charge in [0.2, 0.25) is 11.8 Å². The number of anilines is 2. The van der Waals surface area contributed by atoms with Gasteiger partial charge in [0.25, 0.3) is 0 Å². The van der Waals surface area contributed by atoms with Crippen LogP contribution < -0.4 is 24.4 Å². The molecule has 0 aromatic heterocycles. The van der Waals surface area contributed by atoms with Gasteiger partial charge in [0, 0.05) is 36.3 Å². The van der Waals surface area contributed by atoms with Crippen molar-refractivity contribution < 1.29 is 23.8 Å². The summed E-state index contributed by atoms with van der Waals surface area (Å²) in [6.07, 6.45) is 1.54. The highest BCUT2D eigenvalue weighted by Crippen LogP contribution is 2.34. The molecule has 28 heavy (non-hydrogen) atoms. The van der Waals surface area contributed by atoms with E-state index in [2.05, 4.69) is 5.32 Å². The van der Waals surface area contributed by atoms with Gasteiger partial charge in [0.1, 0.15) is 17.2 Å². The van der Waals surface area contributed by atoms with Crippen molar-refractivity contribution in [1.29, 1.82) is 0 Å². The van der Waals surface area contributed by atoms with Crippen LogP contribution >= 0.6 is 0 Å². The monoisotopic (exact) mass is 384 g/mol. The number of amides is 2. The third-order valence-corrected chi connectivity index (χ3v) is 4.67. The average molecular weight is 384 g/mol. The molecule has 7 heteroatoms. The zero-order valence-corrected chi connectivity index (χ0v) is 16.3. The second kappa shape index (κ2) is 8.65. The molecule has 7 nitrogen and oxygen atoms in total. The molecule has 3 rings (SSSR count). The quantitative estimate of drug-likeness (QED) is 0.794. The summed E-state index contributed by atoms with van der Waals surface area (Å²) in [4.78, 5) is 26.2. The normalized spacial score (nSPS) is 13.4. The van der Waals surface area contributed by atoms with E-state index >= 15 is 0 Å². The lowest BCUT2D eigenvalue weighted by atomic mass is 10.1. The van der Waals surface area contributed by atoms with E-state index in [1.165, 1.54) is 0 Å². The fourth-order valence-corrected chi connectivity index (χ4v) is 3.26. The first-order chi connectivity index (χ1) is 13.5. The van der Waals surface area contributed by atoms with Gasteiger partial charge in [-0.2, -0.15) is 0 Å². The van der Waals surface area contributed by atoms with Crippen LogP contribution in [0.2, 0.25) is 0 Å². The lowest BCUT2D eigenvalue weighted by Gasteiger charge is -2.19. The Labute approximate surface area is 164 Å². The van der Waals surface area contributed by atoms with Crippen LogP contribution in [0.15, 0.2) is 36.4 Å². The number of nitrogens with zero attached hydrogens (tertiary/aromatic N) is 1. The van der Waals surface area contributed by atoms with E-state index in [9.17, 15) is 9.59 Å². The van der Waals surface area contributed by atoms with E-state index in [4.69, 9.17) is 14.2 Å². The number of nitrogens with one attached hydrogen (secondary N) is 1. The number of hydrogen-bond acceptors (Lipinski definition) is 5. The Morgan fingerprint density at radius 1 is 1.04 bits per heavy atom. The van der Waals surface area contributed by atoms with Crippen molar-refractivity contribution in [3.05, 3.63) is 42.0 Å². The molecule has 0 aliphatic carbocycles. The first-order valence-electron chi connectivity index (χ1n) is 9.05. The minimum absolute atomic E-state index is 0.0849. The maximum atomic E-state index is 12.5. The molecule has 1 aliphatic heterocycles. The molecule has 2 aromatic rings. The van der Waals surface area contributed by atoms with Crippen LogP contribution in [0, 0.1) is 0 Å². The van der Waals surface area contributed by atoms with Gasteiger partial charge < -0.3 is 24.4 Å². The molecule has 1 saturated heterocycles. The fraction of sp³-hybridized carbons (Fsp3) is 0.333. The molecule has 0 bridgehead atoms. The smallest absolute Gasteiger partial charge is 0.228 e. The molecule has 0 radical (unpaired) electrons. The molecule has 2 aromatic carbocycles. The van der Waals surface area contributed by atoms with Gasteiger partial charge in [-0.05, 0) is 24.6 Å². The molecular weight excluding hydrogens is 360 g/mol. The SMILES string of the molecule is COc1ccc(CC(=O)Nc2ccc(N3CCCC3=O)c(OC)c2)c(OC)c1. The second-order valence-electron chi connectivity index (χ2n) is 6.44. The Morgan fingerprint density at radius 3 is 2.46 bits per heavy atom. The van der Waals surface area contributed by atoms with Gasteiger partial charge in [-0.1, -0.05) is 6.07 Å². The molecule has 0 atom stereocenters. The standard InChI is InChI=1S/C21H24N2O5/c1-26-16-8-6-14(18(13-16)27-2)11-20(24)22-15-7-9-17(19(12-15)28-3)23-10-4-5-21(23)25/h6-9,12-13H,4-5,10-11H2,1-3H3,(H,22,24). The van der Waals surface area contributed by atoms with Crippen LogP contribution in [-0.2, 0) is 16.0 Å². The first kappa shape index (κ1) is 19.5. The van der Waals surface area contributed by atoms with E-state index in [0.717, 1.165) is 17.7 Å². The van der Waals surface area contributed by atoms with E-state index < -0.39 is 0 Å². The van der Waals surface area contributed by atoms with Gasteiger partial charge in [-0.25, -0.2) is 0 Å². The summed E-state index contributed by atoms with van der Waals surface area (Å²) in [6, 6.07) is 10.6. The summed E-state index contributed by atoms with van der Waals surface area (Å²) in [7, 11) is 4.68. The Morgan fingerprint density at radius 2 is 1.82 bits per heavy atom. The lowest BCUT2D eigenvalue weighted by Crippen LogP contribution is -2.24. The zero-order chi connectivity index (χ0) is 20.1. The maximum absolute atomic E-state index is 12.5. The molecule has 0 spiro atoms. The lowest BCUT2D eigenvalue weighted by molar-refractivity contribution is -0.117. The largest absolute Gasteiger partial charge is 0.497 e. The highest BCUT2D eigenvalue weighted by molar-refractivity contribution is 5.98. The second-order valence-corrected chi connectivity index (χ2v) is 6.44. The van der Waals surface area contributed by atoms with Crippen LogP contribution in [0.4, 0.5) is 11.4 Å². The minimum Gasteiger partial charge on any atom is -0.497 e. The van der Waals surface area contributed by atoms with Crippen LogP contribution in [0.5, 0.6) is 17.2 Å². The number of carbonyl (C=O) groups is 2. The summed E-state index contributed by atoms with van der Waals surface area (Å²) >= 11 is 0. The van der Waals surface area contributed by atoms with Crippen LogP contribution in [0.3, 0.4) is 0 Å². The van der Waals surface area contributed by atoms with E-state index in [-0.39, 0.29) is 18.2 Å². The predicted octanol–water partition coefficient (Wildman–Crippen LogP) is 3.02. The number of rotatable bonds is 7. The molecule has 1 N–H and O–H groups in total. The number of benzene rings is 2. The Kier molecular flexibility index (Phi) is 6.03. The Balaban J connectivity index is 1.73. The summed E-state index contributed by atoms with van der Waals surface area (Å²) in [5.41, 5.74) is 2.08. The Hall–Kier alpha value is -3.22. The average Bonchev–Trinajstić information content (AvgIpc) is 3.13. The molecule has 0 saturated carbocycles. The molecule has 1 fully saturated rings. The van der Waals surface area contributed by atoms with Crippen molar-refractivity contribution in [2.75, 3.05) is 38.1 Å². The van der Waals surface area contributed by atoms with Gasteiger partial charge in [0.05, 0.1) is 33.4 Å². The molecular formula is C21H24N2O5. The number of methoxy groups -OCH3 is 3. The fourth-order valence-electron chi connectivity index (χ4n) is 3.26. The topological polar surface area (TPSA) is 77.1 Å². The first-order valence-corrected chi connectivity index (χ1v) is 9.05. The summed E-state index contributed by atoms with van der Waals surface area (Å²) in [6.45, 7) is 0.679. The highest BCUT2D eigenvalue weighted by atomic mass is 16.5. The van der Waals surface area contributed by atoms with Gasteiger partial charge in [0.15, 0.2) is 0 Å². The van der Waals surface area contributed by atoms with Gasteiger partial charge in [-0.3, -0.25) is 9.59 Å². The van der Waals surface area contributed by atoms with E-state index in [1.807, 2.05) is 0 Å². The summed E-state index contributed by atoms with van der Waals surface area (Å²) in [5.74, 6) is 1.71. The third-order valence-electron chi connectivity index (χ3n) is 4.67. The van der Waals surface area contributed by atoms with Crippen LogP contribution in [0.25, 0.3) is 0 Å². The zero-order valence-electron chi connectivity index (χ0n) is 16.3. The highest BCUT2D eigenvalue weighted by Gasteiger charge is 2.24. The van der Waals surface area contributed by atoms with Gasteiger partial charge >= 0.3 is 0 Å². The van der Waals surface area contributed by atoms with Gasteiger partial charge in [-0.15, -0.1) is 0 Å². The van der Waals surface area contributed by atoms with Crippen LogP contribution in [-0.4, -0.2) is 39.7 Å². The van der Waals surface area contributed by atoms with E-state index in [1.54, 1.807) is 62.6 Å². The summed E-state index contributed by atoms with van der Waals surface area (Å²) < 4.78 is 15.9. The molecule has 2 amide bonds. The number of hydrogen-bond donors (Lipinski definition) is 1. The van der Waals surface area contributed by atoms with Crippen molar-refractivity contribution in [1.82, 2.24) is 0 Å². The Bertz CT molecular complexity index is 881.